The second-order valence-electron chi connectivity index (χ2n) is 5.78. The summed E-state index contributed by atoms with van der Waals surface area (Å²) < 4.78 is 32.7. The Labute approximate surface area is 147 Å². The van der Waals surface area contributed by atoms with E-state index in [0.717, 1.165) is 17.7 Å². The normalized spacial score (nSPS) is 16.0. The van der Waals surface area contributed by atoms with E-state index in [2.05, 4.69) is 10.2 Å². The molecular formula is C19H12F2N4O. The van der Waals surface area contributed by atoms with E-state index in [-0.39, 0.29) is 17.3 Å². The van der Waals surface area contributed by atoms with Crippen molar-refractivity contribution in [3.63, 3.8) is 0 Å². The maximum absolute atomic E-state index is 13.8. The molecule has 2 aromatic carbocycles. The molecule has 1 aliphatic rings. The summed E-state index contributed by atoms with van der Waals surface area (Å²) in [4.78, 5) is 0. The van der Waals surface area contributed by atoms with E-state index in [1.54, 1.807) is 0 Å². The standard InChI is InChI=1S/C19H12F2N4O/c20-13-7-6-11(8-14(13)21)15-12(9-22)18(23)26-19-16(15)17(24-25-19)10-4-2-1-3-5-10/h1-8,15H,23H2,(H,24,25)/t15-/m1/s1. The largest absolute Gasteiger partial charge is 0.420 e. The van der Waals surface area contributed by atoms with Crippen LogP contribution in [0.3, 0.4) is 0 Å². The van der Waals surface area contributed by atoms with Crippen LogP contribution in [0.15, 0.2) is 60.0 Å². The molecule has 0 bridgehead atoms. The highest BCUT2D eigenvalue weighted by atomic mass is 19.2. The number of nitrogens with one attached hydrogen (secondary N) is 1. The van der Waals surface area contributed by atoms with Gasteiger partial charge in [0.25, 0.3) is 0 Å². The molecule has 1 atom stereocenters. The van der Waals surface area contributed by atoms with Crippen molar-refractivity contribution in [3.05, 3.63) is 82.7 Å². The smallest absolute Gasteiger partial charge is 0.244 e. The Balaban J connectivity index is 1.97. The first-order chi connectivity index (χ1) is 12.6. The van der Waals surface area contributed by atoms with Crippen molar-refractivity contribution in [1.82, 2.24) is 10.2 Å². The molecule has 128 valence electrons. The summed E-state index contributed by atoms with van der Waals surface area (Å²) in [5.74, 6) is -2.60. The average molecular weight is 350 g/mol. The highest BCUT2D eigenvalue weighted by Gasteiger charge is 2.35. The van der Waals surface area contributed by atoms with Gasteiger partial charge in [0.2, 0.25) is 11.8 Å². The number of nitrogens with two attached hydrogens (primary N) is 1. The zero-order valence-corrected chi connectivity index (χ0v) is 13.3. The van der Waals surface area contributed by atoms with Gasteiger partial charge in [-0.3, -0.25) is 5.10 Å². The third-order valence-corrected chi connectivity index (χ3v) is 4.28. The summed E-state index contributed by atoms with van der Waals surface area (Å²) in [6.45, 7) is 0. The number of H-pyrrole nitrogens is 1. The number of rotatable bonds is 2. The second kappa shape index (κ2) is 6.01. The SMILES string of the molecule is N#CC1=C(N)Oc2n[nH]c(-c3ccccc3)c2[C@@H]1c1ccc(F)c(F)c1. The van der Waals surface area contributed by atoms with Gasteiger partial charge in [0, 0.05) is 0 Å². The van der Waals surface area contributed by atoms with Gasteiger partial charge in [-0.1, -0.05) is 36.4 Å². The summed E-state index contributed by atoms with van der Waals surface area (Å²) >= 11 is 0. The van der Waals surface area contributed by atoms with Gasteiger partial charge in [-0.25, -0.2) is 8.78 Å². The molecule has 5 nitrogen and oxygen atoms in total. The number of aromatic nitrogens is 2. The molecule has 4 rings (SSSR count). The molecule has 0 fully saturated rings. The number of nitrogens with zero attached hydrogens (tertiary/aromatic N) is 2. The topological polar surface area (TPSA) is 87.7 Å². The zero-order chi connectivity index (χ0) is 18.3. The van der Waals surface area contributed by atoms with Crippen molar-refractivity contribution < 1.29 is 13.5 Å². The highest BCUT2D eigenvalue weighted by Crippen LogP contribution is 2.45. The predicted molar refractivity (Wildman–Crippen MR) is 89.7 cm³/mol. The summed E-state index contributed by atoms with van der Waals surface area (Å²) in [5, 5.41) is 16.6. The van der Waals surface area contributed by atoms with Gasteiger partial charge in [-0.15, -0.1) is 5.10 Å². The van der Waals surface area contributed by atoms with Crippen LogP contribution in [0.4, 0.5) is 8.78 Å². The minimum absolute atomic E-state index is 0.110. The fourth-order valence-corrected chi connectivity index (χ4v) is 3.10. The Morgan fingerprint density at radius 1 is 1.12 bits per heavy atom. The average Bonchev–Trinajstić information content (AvgIpc) is 3.07. The maximum atomic E-state index is 13.8. The molecule has 3 N–H and O–H groups in total. The van der Waals surface area contributed by atoms with Crippen LogP contribution in [0, 0.1) is 23.0 Å². The van der Waals surface area contributed by atoms with Crippen molar-refractivity contribution in [3.8, 4) is 23.2 Å². The van der Waals surface area contributed by atoms with Crippen LogP contribution in [0.25, 0.3) is 11.3 Å². The van der Waals surface area contributed by atoms with Crippen LogP contribution in [-0.4, -0.2) is 10.2 Å². The monoisotopic (exact) mass is 350 g/mol. The molecule has 0 saturated carbocycles. The van der Waals surface area contributed by atoms with Gasteiger partial charge >= 0.3 is 0 Å². The molecule has 0 spiro atoms. The van der Waals surface area contributed by atoms with Crippen LogP contribution in [-0.2, 0) is 0 Å². The fourth-order valence-electron chi connectivity index (χ4n) is 3.10. The molecular weight excluding hydrogens is 338 g/mol. The molecule has 1 aliphatic heterocycles. The third-order valence-electron chi connectivity index (χ3n) is 4.28. The number of allylic oxidation sites excluding steroid dienone is 1. The summed E-state index contributed by atoms with van der Waals surface area (Å²) in [7, 11) is 0. The predicted octanol–water partition coefficient (Wildman–Crippen LogP) is 3.57. The zero-order valence-electron chi connectivity index (χ0n) is 13.3. The number of hydrogen-bond acceptors (Lipinski definition) is 4. The van der Waals surface area contributed by atoms with E-state index in [1.807, 2.05) is 36.4 Å². The number of nitriles is 1. The van der Waals surface area contributed by atoms with E-state index in [1.165, 1.54) is 6.07 Å². The number of halogens is 2. The lowest BCUT2D eigenvalue weighted by atomic mass is 9.83. The van der Waals surface area contributed by atoms with Gasteiger partial charge < -0.3 is 10.5 Å². The number of fused-ring (bicyclic) bond motifs is 1. The van der Waals surface area contributed by atoms with Crippen LogP contribution in [0.2, 0.25) is 0 Å². The van der Waals surface area contributed by atoms with Crippen LogP contribution >= 0.6 is 0 Å². The quantitative estimate of drug-likeness (QED) is 0.739. The van der Waals surface area contributed by atoms with Crippen molar-refractivity contribution in [2.24, 2.45) is 5.73 Å². The molecule has 7 heteroatoms. The molecule has 2 heterocycles. The van der Waals surface area contributed by atoms with Crippen molar-refractivity contribution in [1.29, 1.82) is 5.26 Å². The molecule has 1 aromatic heterocycles. The lowest BCUT2D eigenvalue weighted by Crippen LogP contribution is -2.21. The Bertz CT molecular complexity index is 1070. The number of benzene rings is 2. The summed E-state index contributed by atoms with van der Waals surface area (Å²) in [6, 6.07) is 14.8. The minimum Gasteiger partial charge on any atom is -0.420 e. The summed E-state index contributed by atoms with van der Waals surface area (Å²) in [6.07, 6.45) is 0. The lowest BCUT2D eigenvalue weighted by Gasteiger charge is -2.24. The van der Waals surface area contributed by atoms with Crippen molar-refractivity contribution in [2.75, 3.05) is 0 Å². The Kier molecular flexibility index (Phi) is 3.66. The lowest BCUT2D eigenvalue weighted by molar-refractivity contribution is 0.378. The number of hydrogen-bond donors (Lipinski definition) is 2. The van der Waals surface area contributed by atoms with E-state index < -0.39 is 17.6 Å². The number of aromatic amines is 1. The second-order valence-corrected chi connectivity index (χ2v) is 5.78. The van der Waals surface area contributed by atoms with E-state index in [9.17, 15) is 14.0 Å². The Morgan fingerprint density at radius 3 is 2.58 bits per heavy atom. The van der Waals surface area contributed by atoms with Crippen LogP contribution in [0.5, 0.6) is 5.88 Å². The molecule has 0 aliphatic carbocycles. The van der Waals surface area contributed by atoms with E-state index in [0.29, 0.717) is 16.8 Å². The van der Waals surface area contributed by atoms with Crippen molar-refractivity contribution >= 4 is 0 Å². The van der Waals surface area contributed by atoms with Gasteiger partial charge in [-0.05, 0) is 23.3 Å². The Morgan fingerprint density at radius 2 is 1.88 bits per heavy atom. The number of ether oxygens (including phenoxy) is 1. The first-order valence-corrected chi connectivity index (χ1v) is 7.76. The minimum atomic E-state index is -1.00. The van der Waals surface area contributed by atoms with Gasteiger partial charge in [0.15, 0.2) is 11.6 Å². The Hall–Kier alpha value is -3.66. The van der Waals surface area contributed by atoms with Gasteiger partial charge in [0.05, 0.1) is 17.2 Å². The molecule has 0 saturated heterocycles. The van der Waals surface area contributed by atoms with Gasteiger partial charge in [-0.2, -0.15) is 5.26 Å². The summed E-state index contributed by atoms with van der Waals surface area (Å²) in [5.41, 5.74) is 8.34. The van der Waals surface area contributed by atoms with Gasteiger partial charge in [0.1, 0.15) is 11.6 Å². The van der Waals surface area contributed by atoms with E-state index in [4.69, 9.17) is 10.5 Å². The molecule has 0 amide bonds. The highest BCUT2D eigenvalue weighted by molar-refractivity contribution is 5.70. The fraction of sp³-hybridized carbons (Fsp3) is 0.0526. The molecule has 0 unspecified atom stereocenters. The molecule has 0 radical (unpaired) electrons. The van der Waals surface area contributed by atoms with Crippen LogP contribution in [0.1, 0.15) is 17.0 Å². The molecule has 26 heavy (non-hydrogen) atoms. The van der Waals surface area contributed by atoms with Crippen molar-refractivity contribution in [2.45, 2.75) is 5.92 Å². The maximum Gasteiger partial charge on any atom is 0.244 e. The first-order valence-electron chi connectivity index (χ1n) is 7.76. The molecule has 3 aromatic rings. The third kappa shape index (κ3) is 2.40. The van der Waals surface area contributed by atoms with E-state index >= 15 is 0 Å². The first kappa shape index (κ1) is 15.8. The van der Waals surface area contributed by atoms with Crippen LogP contribution < -0.4 is 10.5 Å².